The highest BCUT2D eigenvalue weighted by Gasteiger charge is 2.23. The predicted molar refractivity (Wildman–Crippen MR) is 130 cm³/mol. The summed E-state index contributed by atoms with van der Waals surface area (Å²) < 4.78 is 7.41. The molecule has 33 heavy (non-hydrogen) atoms. The number of fused-ring (bicyclic) bond motifs is 1. The monoisotopic (exact) mass is 444 g/mol. The van der Waals surface area contributed by atoms with Crippen molar-refractivity contribution in [1.82, 2.24) is 24.5 Å². The van der Waals surface area contributed by atoms with Crippen molar-refractivity contribution in [3.63, 3.8) is 0 Å². The summed E-state index contributed by atoms with van der Waals surface area (Å²) in [6.45, 7) is 7.32. The maximum atomic E-state index is 5.56. The van der Waals surface area contributed by atoms with E-state index in [4.69, 9.17) is 19.5 Å². The van der Waals surface area contributed by atoms with Crippen LogP contribution in [0.2, 0.25) is 0 Å². The van der Waals surface area contributed by atoms with Crippen LogP contribution in [0.3, 0.4) is 0 Å². The van der Waals surface area contributed by atoms with Crippen LogP contribution in [0.5, 0.6) is 0 Å². The lowest BCUT2D eigenvalue weighted by molar-refractivity contribution is 0.205. The van der Waals surface area contributed by atoms with Gasteiger partial charge < -0.3 is 9.73 Å². The number of likely N-dealkylation sites (tertiary alicyclic amines) is 1. The van der Waals surface area contributed by atoms with Gasteiger partial charge in [-0.15, -0.1) is 5.10 Å². The summed E-state index contributed by atoms with van der Waals surface area (Å²) in [5, 5.41) is 8.25. The molecule has 1 aromatic carbocycles. The Morgan fingerprint density at radius 3 is 2.67 bits per heavy atom. The molecule has 1 aliphatic rings. The highest BCUT2D eigenvalue weighted by molar-refractivity contribution is 5.58. The molecular weight excluding hydrogens is 412 g/mol. The number of rotatable bonds is 8. The zero-order valence-corrected chi connectivity index (χ0v) is 19.4. The van der Waals surface area contributed by atoms with Gasteiger partial charge in [0, 0.05) is 24.3 Å². The van der Waals surface area contributed by atoms with E-state index < -0.39 is 0 Å². The van der Waals surface area contributed by atoms with E-state index in [-0.39, 0.29) is 0 Å². The van der Waals surface area contributed by atoms with Crippen molar-refractivity contribution in [2.45, 2.75) is 58.0 Å². The third-order valence-corrected chi connectivity index (χ3v) is 6.53. The molecule has 0 spiro atoms. The van der Waals surface area contributed by atoms with E-state index in [9.17, 15) is 0 Å². The molecule has 7 nitrogen and oxygen atoms in total. The van der Waals surface area contributed by atoms with Crippen molar-refractivity contribution in [3.05, 3.63) is 66.1 Å². The van der Waals surface area contributed by atoms with Crippen LogP contribution in [0, 0.1) is 0 Å². The molecule has 0 amide bonds. The SMILES string of the molecule is CCCC(C)Nc1ncc(CN2CCC(c3ccccc3)CC2)c2nc(-c3ccco3)nn12. The maximum absolute atomic E-state index is 5.56. The molecule has 1 aliphatic heterocycles. The minimum Gasteiger partial charge on any atom is -0.461 e. The molecular formula is C26H32N6O. The van der Waals surface area contributed by atoms with Crippen LogP contribution in [-0.4, -0.2) is 43.6 Å². The number of aromatic nitrogens is 4. The lowest BCUT2D eigenvalue weighted by Gasteiger charge is -2.32. The van der Waals surface area contributed by atoms with Gasteiger partial charge in [-0.3, -0.25) is 4.90 Å². The first kappa shape index (κ1) is 21.6. The van der Waals surface area contributed by atoms with Crippen LogP contribution >= 0.6 is 0 Å². The van der Waals surface area contributed by atoms with Crippen LogP contribution in [0.1, 0.15) is 56.6 Å². The molecule has 1 N–H and O–H groups in total. The molecule has 5 rings (SSSR count). The molecule has 0 bridgehead atoms. The van der Waals surface area contributed by atoms with E-state index in [1.807, 2.05) is 22.8 Å². The fourth-order valence-electron chi connectivity index (χ4n) is 4.76. The number of nitrogens with zero attached hydrogens (tertiary/aromatic N) is 5. The van der Waals surface area contributed by atoms with E-state index in [1.165, 1.54) is 18.4 Å². The number of piperidine rings is 1. The summed E-state index contributed by atoms with van der Waals surface area (Å²) in [7, 11) is 0. The number of furan rings is 1. The van der Waals surface area contributed by atoms with Crippen LogP contribution in [0.25, 0.3) is 17.2 Å². The Kier molecular flexibility index (Phi) is 6.39. The van der Waals surface area contributed by atoms with Gasteiger partial charge in [-0.05, 0) is 62.9 Å². The van der Waals surface area contributed by atoms with E-state index in [0.717, 1.165) is 49.6 Å². The number of anilines is 1. The van der Waals surface area contributed by atoms with Crippen LogP contribution in [-0.2, 0) is 6.54 Å². The zero-order valence-electron chi connectivity index (χ0n) is 19.4. The lowest BCUT2D eigenvalue weighted by Crippen LogP contribution is -2.32. The molecule has 1 atom stereocenters. The van der Waals surface area contributed by atoms with Gasteiger partial charge in [0.25, 0.3) is 0 Å². The van der Waals surface area contributed by atoms with Crippen molar-refractivity contribution in [2.24, 2.45) is 0 Å². The summed E-state index contributed by atoms with van der Waals surface area (Å²) >= 11 is 0. The van der Waals surface area contributed by atoms with Gasteiger partial charge in [0.1, 0.15) is 0 Å². The van der Waals surface area contributed by atoms with Crippen molar-refractivity contribution in [3.8, 4) is 11.6 Å². The second-order valence-corrected chi connectivity index (χ2v) is 9.05. The van der Waals surface area contributed by atoms with Gasteiger partial charge >= 0.3 is 0 Å². The molecule has 1 saturated heterocycles. The molecule has 1 unspecified atom stereocenters. The molecule has 1 fully saturated rings. The number of hydrogen-bond donors (Lipinski definition) is 1. The summed E-state index contributed by atoms with van der Waals surface area (Å²) in [5.74, 6) is 2.62. The highest BCUT2D eigenvalue weighted by Crippen LogP contribution is 2.29. The quantitative estimate of drug-likeness (QED) is 0.394. The Hall–Kier alpha value is -3.19. The first-order chi connectivity index (χ1) is 16.2. The van der Waals surface area contributed by atoms with E-state index >= 15 is 0 Å². The molecule has 0 radical (unpaired) electrons. The highest BCUT2D eigenvalue weighted by atomic mass is 16.3. The average molecular weight is 445 g/mol. The lowest BCUT2D eigenvalue weighted by atomic mass is 9.89. The Labute approximate surface area is 194 Å². The standard InChI is InChI=1S/C26H32N6O/c1-3-8-19(2)28-26-27-17-22(25-29-24(30-32(25)26)23-11-7-16-33-23)18-31-14-12-21(13-15-31)20-9-5-4-6-10-20/h4-7,9-11,16-17,19,21H,3,8,12-15,18H2,1-2H3,(H,27,28). The fraction of sp³-hybridized carbons (Fsp3) is 0.423. The summed E-state index contributed by atoms with van der Waals surface area (Å²) in [4.78, 5) is 12.1. The van der Waals surface area contributed by atoms with Gasteiger partial charge in [0.15, 0.2) is 11.4 Å². The summed E-state index contributed by atoms with van der Waals surface area (Å²) in [6, 6.07) is 14.9. The number of benzene rings is 1. The molecule has 4 aromatic rings. The third-order valence-electron chi connectivity index (χ3n) is 6.53. The van der Waals surface area contributed by atoms with Crippen LogP contribution in [0.4, 0.5) is 5.95 Å². The van der Waals surface area contributed by atoms with E-state index in [1.54, 1.807) is 6.26 Å². The fourth-order valence-corrected chi connectivity index (χ4v) is 4.76. The van der Waals surface area contributed by atoms with Crippen LogP contribution in [0.15, 0.2) is 59.3 Å². The smallest absolute Gasteiger partial charge is 0.226 e. The van der Waals surface area contributed by atoms with E-state index in [2.05, 4.69) is 54.4 Å². The molecule has 7 heteroatoms. The minimum absolute atomic E-state index is 0.310. The second-order valence-electron chi connectivity index (χ2n) is 9.05. The summed E-state index contributed by atoms with van der Waals surface area (Å²) in [6.07, 6.45) is 8.14. The van der Waals surface area contributed by atoms with Gasteiger partial charge in [-0.1, -0.05) is 43.7 Å². The van der Waals surface area contributed by atoms with Crippen LogP contribution < -0.4 is 5.32 Å². The number of nitrogens with one attached hydrogen (secondary N) is 1. The van der Waals surface area contributed by atoms with Gasteiger partial charge in [-0.25, -0.2) is 9.97 Å². The zero-order chi connectivity index (χ0) is 22.6. The Balaban J connectivity index is 1.37. The largest absolute Gasteiger partial charge is 0.461 e. The second kappa shape index (κ2) is 9.75. The summed E-state index contributed by atoms with van der Waals surface area (Å²) in [5.41, 5.74) is 3.39. The number of hydrogen-bond acceptors (Lipinski definition) is 6. The van der Waals surface area contributed by atoms with Gasteiger partial charge in [-0.2, -0.15) is 4.52 Å². The molecule has 3 aromatic heterocycles. The Bertz CT molecular complexity index is 1160. The van der Waals surface area contributed by atoms with Crippen molar-refractivity contribution in [2.75, 3.05) is 18.4 Å². The Morgan fingerprint density at radius 2 is 1.94 bits per heavy atom. The Morgan fingerprint density at radius 1 is 1.12 bits per heavy atom. The first-order valence-electron chi connectivity index (χ1n) is 12.0. The van der Waals surface area contributed by atoms with Gasteiger partial charge in [0.05, 0.1) is 6.26 Å². The van der Waals surface area contributed by atoms with E-state index in [0.29, 0.717) is 23.5 Å². The van der Waals surface area contributed by atoms with Gasteiger partial charge in [0.2, 0.25) is 11.8 Å². The van der Waals surface area contributed by atoms with Crippen molar-refractivity contribution >= 4 is 11.6 Å². The third kappa shape index (κ3) is 4.78. The topological polar surface area (TPSA) is 71.5 Å². The molecule has 172 valence electrons. The van der Waals surface area contributed by atoms with Crippen molar-refractivity contribution < 1.29 is 4.42 Å². The van der Waals surface area contributed by atoms with Crippen molar-refractivity contribution in [1.29, 1.82) is 0 Å². The molecule has 0 saturated carbocycles. The predicted octanol–water partition coefficient (Wildman–Crippen LogP) is 5.36. The average Bonchev–Trinajstić information content (AvgIpc) is 3.52. The normalized spacial score (nSPS) is 16.3. The molecule has 4 heterocycles. The molecule has 0 aliphatic carbocycles. The minimum atomic E-state index is 0.310. The first-order valence-corrected chi connectivity index (χ1v) is 12.0. The maximum Gasteiger partial charge on any atom is 0.226 e.